The minimum absolute atomic E-state index is 0.112. The molecule has 0 aliphatic carbocycles. The van der Waals surface area contributed by atoms with Crippen LogP contribution in [0.2, 0.25) is 0 Å². The maximum absolute atomic E-state index is 14.0. The van der Waals surface area contributed by atoms with Gasteiger partial charge in [0.15, 0.2) is 0 Å². The smallest absolute Gasteiger partial charge is 0.325 e. The predicted octanol–water partition coefficient (Wildman–Crippen LogP) is 0.771. The molecule has 0 spiro atoms. The first kappa shape index (κ1) is 16.7. The Balaban J connectivity index is 2.98. The summed E-state index contributed by atoms with van der Waals surface area (Å²) in [5.41, 5.74) is 5.56. The third-order valence-electron chi connectivity index (χ3n) is 2.75. The van der Waals surface area contributed by atoms with E-state index in [0.29, 0.717) is 5.56 Å². The highest BCUT2D eigenvalue weighted by Crippen LogP contribution is 2.13. The molecule has 5 nitrogen and oxygen atoms in total. The van der Waals surface area contributed by atoms with Crippen LogP contribution in [0.1, 0.15) is 22.8 Å². The lowest BCUT2D eigenvalue weighted by atomic mass is 10.1. The lowest BCUT2D eigenvalue weighted by Gasteiger charge is -2.19. The molecule has 1 rings (SSSR count). The Kier molecular flexibility index (Phi) is 6.37. The lowest BCUT2D eigenvalue weighted by molar-refractivity contribution is -0.141. The fraction of sp³-hybridized carbons (Fsp3) is 0.333. The van der Waals surface area contributed by atoms with E-state index >= 15 is 0 Å². The van der Waals surface area contributed by atoms with Crippen molar-refractivity contribution in [2.45, 2.75) is 6.92 Å². The molecule has 0 radical (unpaired) electrons. The molecule has 6 heteroatoms. The molecule has 0 saturated heterocycles. The van der Waals surface area contributed by atoms with Crippen LogP contribution in [0.5, 0.6) is 0 Å². The zero-order valence-electron chi connectivity index (χ0n) is 12.0. The molecule has 0 aromatic heterocycles. The molecule has 0 heterocycles. The summed E-state index contributed by atoms with van der Waals surface area (Å²) in [6.45, 7) is 1.91. The first-order valence-electron chi connectivity index (χ1n) is 6.38. The van der Waals surface area contributed by atoms with Crippen LogP contribution in [0.4, 0.5) is 4.39 Å². The number of nitrogens with zero attached hydrogens (tertiary/aromatic N) is 1. The Bertz CT molecular complexity index is 590. The number of likely N-dealkylation sites (N-methyl/N-ethyl adjacent to an activating group) is 1. The van der Waals surface area contributed by atoms with Crippen molar-refractivity contribution in [3.05, 3.63) is 35.1 Å². The zero-order valence-corrected chi connectivity index (χ0v) is 12.0. The zero-order chi connectivity index (χ0) is 15.8. The van der Waals surface area contributed by atoms with Gasteiger partial charge in [-0.2, -0.15) is 0 Å². The Morgan fingerprint density at radius 3 is 2.67 bits per heavy atom. The third kappa shape index (κ3) is 4.58. The highest BCUT2D eigenvalue weighted by atomic mass is 19.1. The lowest BCUT2D eigenvalue weighted by Crippen LogP contribution is -2.36. The van der Waals surface area contributed by atoms with Gasteiger partial charge in [0.25, 0.3) is 5.91 Å². The Hall–Kier alpha value is -2.39. The molecule has 0 aliphatic heterocycles. The van der Waals surface area contributed by atoms with Crippen LogP contribution in [0.15, 0.2) is 18.2 Å². The molecule has 1 aromatic rings. The summed E-state index contributed by atoms with van der Waals surface area (Å²) >= 11 is 0. The maximum atomic E-state index is 14.0. The van der Waals surface area contributed by atoms with E-state index in [9.17, 15) is 14.0 Å². The molecule has 21 heavy (non-hydrogen) atoms. The first-order chi connectivity index (χ1) is 10.0. The number of nitrogens with two attached hydrogens (primary N) is 1. The highest BCUT2D eigenvalue weighted by Gasteiger charge is 2.20. The SMILES string of the molecule is CCN(CC(=O)OC)C(=O)c1ccc(C#CCN)cc1F. The minimum atomic E-state index is -0.688. The van der Waals surface area contributed by atoms with Gasteiger partial charge in [0, 0.05) is 12.1 Å². The van der Waals surface area contributed by atoms with Gasteiger partial charge in [0.2, 0.25) is 0 Å². The summed E-state index contributed by atoms with van der Waals surface area (Å²) in [5, 5.41) is 0. The van der Waals surface area contributed by atoms with Crippen molar-refractivity contribution < 1.29 is 18.7 Å². The van der Waals surface area contributed by atoms with E-state index < -0.39 is 17.7 Å². The number of methoxy groups -OCH3 is 1. The monoisotopic (exact) mass is 292 g/mol. The van der Waals surface area contributed by atoms with E-state index in [0.717, 1.165) is 0 Å². The average Bonchev–Trinajstić information content (AvgIpc) is 2.49. The van der Waals surface area contributed by atoms with Crippen LogP contribution >= 0.6 is 0 Å². The van der Waals surface area contributed by atoms with E-state index in [1.807, 2.05) is 0 Å². The molecular weight excluding hydrogens is 275 g/mol. The van der Waals surface area contributed by atoms with Crippen LogP contribution in [0, 0.1) is 17.7 Å². The molecule has 0 fully saturated rings. The first-order valence-corrected chi connectivity index (χ1v) is 6.38. The van der Waals surface area contributed by atoms with Gasteiger partial charge in [-0.3, -0.25) is 9.59 Å². The molecule has 1 aromatic carbocycles. The summed E-state index contributed by atoms with van der Waals surface area (Å²) in [5.74, 6) is 3.47. The summed E-state index contributed by atoms with van der Waals surface area (Å²) in [7, 11) is 1.23. The van der Waals surface area contributed by atoms with E-state index in [2.05, 4.69) is 16.6 Å². The molecule has 0 aliphatic rings. The number of hydrogen-bond acceptors (Lipinski definition) is 4. The van der Waals surface area contributed by atoms with Crippen LogP contribution in [-0.4, -0.2) is 43.5 Å². The second-order valence-corrected chi connectivity index (χ2v) is 4.10. The minimum Gasteiger partial charge on any atom is -0.468 e. The van der Waals surface area contributed by atoms with Crippen molar-refractivity contribution in [1.82, 2.24) is 4.90 Å². The summed E-state index contributed by atoms with van der Waals surface area (Å²) in [4.78, 5) is 24.6. The normalized spacial score (nSPS) is 9.52. The molecule has 1 amide bonds. The second kappa shape index (κ2) is 8.02. The number of carbonyl (C=O) groups is 2. The van der Waals surface area contributed by atoms with Crippen LogP contribution in [0.3, 0.4) is 0 Å². The number of ether oxygens (including phenoxy) is 1. The maximum Gasteiger partial charge on any atom is 0.325 e. The fourth-order valence-electron chi connectivity index (χ4n) is 1.64. The van der Waals surface area contributed by atoms with Gasteiger partial charge in [-0.1, -0.05) is 11.8 Å². The topological polar surface area (TPSA) is 72.6 Å². The van der Waals surface area contributed by atoms with Crippen molar-refractivity contribution >= 4 is 11.9 Å². The van der Waals surface area contributed by atoms with Crippen LogP contribution in [0.25, 0.3) is 0 Å². The molecule has 0 unspecified atom stereocenters. The quantitative estimate of drug-likeness (QED) is 0.657. The van der Waals surface area contributed by atoms with Gasteiger partial charge in [0.1, 0.15) is 12.4 Å². The van der Waals surface area contributed by atoms with Gasteiger partial charge in [-0.25, -0.2) is 4.39 Å². The number of benzene rings is 1. The molecule has 0 atom stereocenters. The van der Waals surface area contributed by atoms with Crippen molar-refractivity contribution in [3.8, 4) is 11.8 Å². The average molecular weight is 292 g/mol. The largest absolute Gasteiger partial charge is 0.468 e. The number of halogens is 1. The van der Waals surface area contributed by atoms with Gasteiger partial charge in [-0.15, -0.1) is 0 Å². The van der Waals surface area contributed by atoms with Crippen LogP contribution < -0.4 is 5.73 Å². The second-order valence-electron chi connectivity index (χ2n) is 4.10. The number of carbonyl (C=O) groups excluding carboxylic acids is 2. The molecule has 0 saturated carbocycles. The van der Waals surface area contributed by atoms with E-state index in [-0.39, 0.29) is 25.2 Å². The summed E-state index contributed by atoms with van der Waals surface area (Å²) in [6, 6.07) is 4.05. The van der Waals surface area contributed by atoms with Crippen LogP contribution in [-0.2, 0) is 9.53 Å². The van der Waals surface area contributed by atoms with Crippen molar-refractivity contribution in [3.63, 3.8) is 0 Å². The van der Waals surface area contributed by atoms with Gasteiger partial charge in [-0.05, 0) is 25.1 Å². The third-order valence-corrected chi connectivity index (χ3v) is 2.75. The number of rotatable bonds is 4. The Labute approximate surface area is 122 Å². The number of esters is 1. The number of hydrogen-bond donors (Lipinski definition) is 1. The summed E-state index contributed by atoms with van der Waals surface area (Å²) in [6.07, 6.45) is 0. The van der Waals surface area contributed by atoms with E-state index in [1.54, 1.807) is 6.92 Å². The van der Waals surface area contributed by atoms with Crippen molar-refractivity contribution in [2.75, 3.05) is 26.7 Å². The fourth-order valence-corrected chi connectivity index (χ4v) is 1.64. The van der Waals surface area contributed by atoms with Gasteiger partial charge >= 0.3 is 5.97 Å². The van der Waals surface area contributed by atoms with E-state index in [4.69, 9.17) is 5.73 Å². The molecule has 112 valence electrons. The number of amides is 1. The summed E-state index contributed by atoms with van der Waals surface area (Å²) < 4.78 is 18.5. The standard InChI is InChI=1S/C15H17FN2O3/c1-3-18(10-14(19)21-2)15(20)12-7-6-11(5-4-8-17)9-13(12)16/h6-7,9H,3,8,10,17H2,1-2H3. The van der Waals surface area contributed by atoms with Gasteiger partial charge < -0.3 is 15.4 Å². The Morgan fingerprint density at radius 2 is 2.14 bits per heavy atom. The van der Waals surface area contributed by atoms with Crippen molar-refractivity contribution in [1.29, 1.82) is 0 Å². The van der Waals surface area contributed by atoms with Crippen molar-refractivity contribution in [2.24, 2.45) is 5.73 Å². The van der Waals surface area contributed by atoms with Gasteiger partial charge in [0.05, 0.1) is 19.2 Å². The molecule has 2 N–H and O–H groups in total. The predicted molar refractivity (Wildman–Crippen MR) is 75.9 cm³/mol. The molecule has 0 bridgehead atoms. The highest BCUT2D eigenvalue weighted by molar-refractivity contribution is 5.96. The molecular formula is C15H17FN2O3. The van der Waals surface area contributed by atoms with E-state index in [1.165, 1.54) is 30.2 Å². The Morgan fingerprint density at radius 1 is 1.43 bits per heavy atom.